The Balaban J connectivity index is 2.73. The molecule has 0 saturated heterocycles. The summed E-state index contributed by atoms with van der Waals surface area (Å²) in [6.45, 7) is 7.09. The lowest BCUT2D eigenvalue weighted by molar-refractivity contribution is 1.03. The molecule has 0 aliphatic carbocycles. The molecule has 1 rings (SSSR count). The molecular formula is C11H12N2. The number of aliphatic imine (C=N–C) groups is 1. The Labute approximate surface area is 78.4 Å². The lowest BCUT2D eigenvalue weighted by Crippen LogP contribution is -1.90. The van der Waals surface area contributed by atoms with Gasteiger partial charge < -0.3 is 0 Å². The third kappa shape index (κ3) is 3.03. The van der Waals surface area contributed by atoms with Gasteiger partial charge in [-0.25, -0.2) is 0 Å². The normalized spacial score (nSPS) is 10.9. The molecule has 0 unspecified atom stereocenters. The third-order valence-corrected chi connectivity index (χ3v) is 1.60. The van der Waals surface area contributed by atoms with Crippen LogP contribution in [0.3, 0.4) is 0 Å². The van der Waals surface area contributed by atoms with Crippen LogP contribution in [0.4, 0.5) is 0 Å². The Morgan fingerprint density at radius 3 is 2.92 bits per heavy atom. The minimum Gasteiger partial charge on any atom is -0.269 e. The molecule has 2 nitrogen and oxygen atoms in total. The summed E-state index contributed by atoms with van der Waals surface area (Å²) in [5.41, 5.74) is 1.87. The minimum absolute atomic E-state index is 0.705. The number of allylic oxidation sites excluding steroid dienone is 3. The molecule has 0 N–H and O–H groups in total. The average molecular weight is 172 g/mol. The first kappa shape index (κ1) is 9.39. The summed E-state index contributed by atoms with van der Waals surface area (Å²) >= 11 is 0. The van der Waals surface area contributed by atoms with Crippen LogP contribution in [0.2, 0.25) is 0 Å². The van der Waals surface area contributed by atoms with Crippen LogP contribution in [0, 0.1) is 0 Å². The zero-order chi connectivity index (χ0) is 9.52. The molecule has 0 saturated carbocycles. The number of aromatic nitrogens is 1. The maximum Gasteiger partial charge on any atom is 0.0463 e. The standard InChI is InChI=1S/C11H12N2/c1-3-6-10(12-2)9-11-7-4-5-8-13-11/h3-8H,1-2,9H2/b10-6-. The van der Waals surface area contributed by atoms with Crippen molar-refractivity contribution < 1.29 is 0 Å². The van der Waals surface area contributed by atoms with Gasteiger partial charge in [0, 0.05) is 24.0 Å². The van der Waals surface area contributed by atoms with E-state index in [0.29, 0.717) is 6.42 Å². The second kappa shape index (κ2) is 5.04. The lowest BCUT2D eigenvalue weighted by atomic mass is 10.2. The summed E-state index contributed by atoms with van der Waals surface area (Å²) in [5, 5.41) is 0. The van der Waals surface area contributed by atoms with Crippen LogP contribution in [0.25, 0.3) is 0 Å². The van der Waals surface area contributed by atoms with Gasteiger partial charge in [0.15, 0.2) is 0 Å². The molecule has 0 atom stereocenters. The highest BCUT2D eigenvalue weighted by atomic mass is 14.7. The predicted octanol–water partition coefficient (Wildman–Crippen LogP) is 2.39. The van der Waals surface area contributed by atoms with Gasteiger partial charge in [-0.3, -0.25) is 9.98 Å². The van der Waals surface area contributed by atoms with Crippen molar-refractivity contribution in [2.45, 2.75) is 6.42 Å². The van der Waals surface area contributed by atoms with Crippen molar-refractivity contribution in [3.8, 4) is 0 Å². The van der Waals surface area contributed by atoms with Crippen molar-refractivity contribution in [3.05, 3.63) is 54.5 Å². The topological polar surface area (TPSA) is 25.2 Å². The van der Waals surface area contributed by atoms with Crippen molar-refractivity contribution in [2.75, 3.05) is 0 Å². The number of nitrogens with zero attached hydrogens (tertiary/aromatic N) is 2. The molecule has 0 amide bonds. The van der Waals surface area contributed by atoms with E-state index in [1.807, 2.05) is 24.3 Å². The molecule has 0 aliphatic rings. The van der Waals surface area contributed by atoms with E-state index in [0.717, 1.165) is 11.4 Å². The van der Waals surface area contributed by atoms with Gasteiger partial charge in [0.05, 0.1) is 0 Å². The predicted molar refractivity (Wildman–Crippen MR) is 55.8 cm³/mol. The second-order valence-electron chi connectivity index (χ2n) is 2.55. The zero-order valence-corrected chi connectivity index (χ0v) is 7.48. The van der Waals surface area contributed by atoms with Gasteiger partial charge in [0.1, 0.15) is 0 Å². The SMILES string of the molecule is C=C/C=C(/Cc1ccccn1)N=C. The molecule has 0 spiro atoms. The maximum atomic E-state index is 4.19. The van der Waals surface area contributed by atoms with Crippen LogP contribution in [0.1, 0.15) is 5.69 Å². The highest BCUT2D eigenvalue weighted by Gasteiger charge is 1.95. The number of hydrogen-bond donors (Lipinski definition) is 0. The molecule has 0 bridgehead atoms. The Bertz CT molecular complexity index is 312. The summed E-state index contributed by atoms with van der Waals surface area (Å²) in [6, 6.07) is 5.81. The van der Waals surface area contributed by atoms with Gasteiger partial charge >= 0.3 is 0 Å². The van der Waals surface area contributed by atoms with E-state index >= 15 is 0 Å². The second-order valence-corrected chi connectivity index (χ2v) is 2.55. The van der Waals surface area contributed by atoms with E-state index in [4.69, 9.17) is 0 Å². The van der Waals surface area contributed by atoms with Gasteiger partial charge in [-0.15, -0.1) is 0 Å². The first-order chi connectivity index (χ1) is 6.36. The summed E-state index contributed by atoms with van der Waals surface area (Å²) < 4.78 is 0. The molecule has 0 fully saturated rings. The molecule has 1 aromatic heterocycles. The van der Waals surface area contributed by atoms with E-state index in [9.17, 15) is 0 Å². The fraction of sp³-hybridized carbons (Fsp3) is 0.0909. The van der Waals surface area contributed by atoms with E-state index in [-0.39, 0.29) is 0 Å². The summed E-state index contributed by atoms with van der Waals surface area (Å²) in [6.07, 6.45) is 6.01. The first-order valence-corrected chi connectivity index (χ1v) is 4.05. The van der Waals surface area contributed by atoms with E-state index < -0.39 is 0 Å². The molecule has 2 heteroatoms. The molecule has 66 valence electrons. The number of hydrogen-bond acceptors (Lipinski definition) is 2. The van der Waals surface area contributed by atoms with Gasteiger partial charge in [0.2, 0.25) is 0 Å². The average Bonchev–Trinajstić information content (AvgIpc) is 2.19. The Morgan fingerprint density at radius 2 is 2.38 bits per heavy atom. The third-order valence-electron chi connectivity index (χ3n) is 1.60. The van der Waals surface area contributed by atoms with E-state index in [2.05, 4.69) is 23.3 Å². The van der Waals surface area contributed by atoms with Crippen LogP contribution in [-0.2, 0) is 6.42 Å². The molecule has 1 heterocycles. The fourth-order valence-corrected chi connectivity index (χ4v) is 0.992. The molecule has 13 heavy (non-hydrogen) atoms. The quantitative estimate of drug-likeness (QED) is 0.505. The summed E-state index contributed by atoms with van der Waals surface area (Å²) in [7, 11) is 0. The van der Waals surface area contributed by atoms with Crippen molar-refractivity contribution in [1.82, 2.24) is 4.98 Å². The van der Waals surface area contributed by atoms with Gasteiger partial charge in [-0.2, -0.15) is 0 Å². The number of pyridine rings is 1. The first-order valence-electron chi connectivity index (χ1n) is 4.05. The molecule has 0 aromatic carbocycles. The zero-order valence-electron chi connectivity index (χ0n) is 7.48. The Hall–Kier alpha value is -1.70. The van der Waals surface area contributed by atoms with Crippen LogP contribution in [-0.4, -0.2) is 11.7 Å². The highest BCUT2D eigenvalue weighted by molar-refractivity contribution is 5.31. The molecule has 1 aromatic rings. The number of rotatable bonds is 4. The highest BCUT2D eigenvalue weighted by Crippen LogP contribution is 2.05. The summed E-state index contributed by atoms with van der Waals surface area (Å²) in [4.78, 5) is 8.06. The molecule has 0 aliphatic heterocycles. The van der Waals surface area contributed by atoms with Crippen molar-refractivity contribution in [3.63, 3.8) is 0 Å². The van der Waals surface area contributed by atoms with E-state index in [1.165, 1.54) is 0 Å². The smallest absolute Gasteiger partial charge is 0.0463 e. The maximum absolute atomic E-state index is 4.19. The monoisotopic (exact) mass is 172 g/mol. The largest absolute Gasteiger partial charge is 0.269 e. The van der Waals surface area contributed by atoms with Gasteiger partial charge in [-0.1, -0.05) is 18.7 Å². The molecular weight excluding hydrogens is 160 g/mol. The fourth-order valence-electron chi connectivity index (χ4n) is 0.992. The van der Waals surface area contributed by atoms with Crippen molar-refractivity contribution in [2.24, 2.45) is 4.99 Å². The van der Waals surface area contributed by atoms with Crippen LogP contribution >= 0.6 is 0 Å². The van der Waals surface area contributed by atoms with Crippen LogP contribution in [0.15, 0.2) is 53.8 Å². The Morgan fingerprint density at radius 1 is 1.54 bits per heavy atom. The Kier molecular flexibility index (Phi) is 3.64. The van der Waals surface area contributed by atoms with Crippen LogP contribution < -0.4 is 0 Å². The van der Waals surface area contributed by atoms with Gasteiger partial charge in [-0.05, 0) is 24.9 Å². The van der Waals surface area contributed by atoms with Crippen LogP contribution in [0.5, 0.6) is 0 Å². The van der Waals surface area contributed by atoms with Crippen molar-refractivity contribution in [1.29, 1.82) is 0 Å². The van der Waals surface area contributed by atoms with E-state index in [1.54, 1.807) is 12.3 Å². The van der Waals surface area contributed by atoms with Crippen molar-refractivity contribution >= 4 is 6.72 Å². The minimum atomic E-state index is 0.705. The van der Waals surface area contributed by atoms with Gasteiger partial charge in [0.25, 0.3) is 0 Å². The summed E-state index contributed by atoms with van der Waals surface area (Å²) in [5.74, 6) is 0. The molecule has 0 radical (unpaired) electrons. The lowest BCUT2D eigenvalue weighted by Gasteiger charge is -1.98.